The molecule has 0 aliphatic carbocycles. The largest absolute Gasteiger partial charge is 0.759 e. The molecule has 0 unspecified atom stereocenters. The third-order valence-electron chi connectivity index (χ3n) is 1.38. The van der Waals surface area contributed by atoms with Gasteiger partial charge in [0.15, 0.2) is 0 Å². The molecule has 0 saturated carbocycles. The number of aromatic nitrogens is 3. The standard InChI is InChI=1S/C6H6N4.H2O4S/c7-5-4-1-2-8-6(4)10-3-9-5;1-5(2,3)4/h1-3H,(H3,7,8,9,10);(H2,1,2,3,4)/p-2. The molecule has 2 aromatic heterocycles. The van der Waals surface area contributed by atoms with Crippen molar-refractivity contribution >= 4 is 27.3 Å². The Hall–Kier alpha value is -1.71. The van der Waals surface area contributed by atoms with Crippen LogP contribution in [0.25, 0.3) is 11.0 Å². The minimum Gasteiger partial charge on any atom is -0.759 e. The maximum Gasteiger partial charge on any atom is 0.142 e. The van der Waals surface area contributed by atoms with Gasteiger partial charge in [-0.2, -0.15) is 0 Å². The SMILES string of the molecule is Nc1ncnc2[nH]ccc12.O=S(=O)([O-])[O-]. The van der Waals surface area contributed by atoms with Gasteiger partial charge in [-0.1, -0.05) is 0 Å². The van der Waals surface area contributed by atoms with E-state index in [1.165, 1.54) is 6.33 Å². The normalized spacial score (nSPS) is 10.8. The van der Waals surface area contributed by atoms with E-state index in [2.05, 4.69) is 15.0 Å². The molecule has 2 aromatic rings. The third-order valence-corrected chi connectivity index (χ3v) is 1.38. The van der Waals surface area contributed by atoms with E-state index in [1.807, 2.05) is 6.07 Å². The maximum atomic E-state index is 8.52. The summed E-state index contributed by atoms with van der Waals surface area (Å²) in [4.78, 5) is 10.7. The van der Waals surface area contributed by atoms with Crippen molar-refractivity contribution in [3.63, 3.8) is 0 Å². The predicted octanol–water partition coefficient (Wildman–Crippen LogP) is -0.798. The minimum absolute atomic E-state index is 0.520. The van der Waals surface area contributed by atoms with Crippen LogP contribution >= 0.6 is 0 Å². The Bertz CT molecular complexity index is 541. The van der Waals surface area contributed by atoms with Crippen LogP contribution in [-0.4, -0.2) is 32.5 Å². The molecule has 3 N–H and O–H groups in total. The minimum atomic E-state index is -5.17. The number of nitrogen functional groups attached to an aromatic ring is 1. The predicted molar refractivity (Wildman–Crippen MR) is 48.8 cm³/mol. The number of rotatable bonds is 0. The number of hydrogen-bond donors (Lipinski definition) is 2. The molecule has 9 heteroatoms. The van der Waals surface area contributed by atoms with Gasteiger partial charge >= 0.3 is 0 Å². The van der Waals surface area contributed by atoms with Crippen molar-refractivity contribution in [1.82, 2.24) is 15.0 Å². The smallest absolute Gasteiger partial charge is 0.142 e. The van der Waals surface area contributed by atoms with Crippen molar-refractivity contribution in [2.24, 2.45) is 0 Å². The van der Waals surface area contributed by atoms with E-state index in [9.17, 15) is 0 Å². The summed E-state index contributed by atoms with van der Waals surface area (Å²) in [6, 6.07) is 1.85. The van der Waals surface area contributed by atoms with E-state index in [0.717, 1.165) is 11.0 Å². The van der Waals surface area contributed by atoms with Crippen LogP contribution in [0, 0.1) is 0 Å². The Morgan fingerprint density at radius 1 is 1.33 bits per heavy atom. The van der Waals surface area contributed by atoms with Crippen molar-refractivity contribution in [1.29, 1.82) is 0 Å². The summed E-state index contributed by atoms with van der Waals surface area (Å²) in [6.07, 6.45) is 3.23. The second-order valence-electron chi connectivity index (χ2n) is 2.41. The molecular formula is C6H6N4O4S-2. The van der Waals surface area contributed by atoms with Crippen molar-refractivity contribution in [2.75, 3.05) is 5.73 Å². The lowest BCUT2D eigenvalue weighted by molar-refractivity contribution is 0.352. The van der Waals surface area contributed by atoms with Gasteiger partial charge in [-0.25, -0.2) is 9.97 Å². The number of nitrogens with two attached hydrogens (primary N) is 1. The molecule has 0 bridgehead atoms. The maximum absolute atomic E-state index is 8.52. The van der Waals surface area contributed by atoms with Crippen LogP contribution < -0.4 is 5.73 Å². The van der Waals surface area contributed by atoms with Crippen LogP contribution in [0.2, 0.25) is 0 Å². The molecule has 8 nitrogen and oxygen atoms in total. The van der Waals surface area contributed by atoms with Gasteiger partial charge in [0.2, 0.25) is 0 Å². The highest BCUT2D eigenvalue weighted by molar-refractivity contribution is 7.79. The molecule has 82 valence electrons. The fourth-order valence-electron chi connectivity index (χ4n) is 0.892. The fourth-order valence-corrected chi connectivity index (χ4v) is 0.892. The molecule has 15 heavy (non-hydrogen) atoms. The molecule has 2 rings (SSSR count). The highest BCUT2D eigenvalue weighted by atomic mass is 32.3. The zero-order valence-electron chi connectivity index (χ0n) is 7.25. The first-order chi connectivity index (χ1) is 6.88. The second-order valence-corrected chi connectivity index (χ2v) is 3.22. The fraction of sp³-hybridized carbons (Fsp3) is 0. The highest BCUT2D eigenvalue weighted by Gasteiger charge is 1.97. The van der Waals surface area contributed by atoms with Gasteiger partial charge in [0.05, 0.1) is 5.39 Å². The lowest BCUT2D eigenvalue weighted by Gasteiger charge is -2.06. The van der Waals surface area contributed by atoms with Crippen LogP contribution in [0.3, 0.4) is 0 Å². The Morgan fingerprint density at radius 2 is 1.93 bits per heavy atom. The van der Waals surface area contributed by atoms with Crippen LogP contribution in [0.15, 0.2) is 18.6 Å². The lowest BCUT2D eigenvalue weighted by Crippen LogP contribution is -1.91. The Labute approximate surface area is 84.7 Å². The molecule has 0 spiro atoms. The van der Waals surface area contributed by atoms with Crippen molar-refractivity contribution in [2.45, 2.75) is 0 Å². The van der Waals surface area contributed by atoms with Crippen LogP contribution in [0.5, 0.6) is 0 Å². The summed E-state index contributed by atoms with van der Waals surface area (Å²) in [6.45, 7) is 0. The topological polar surface area (TPSA) is 148 Å². The number of hydrogen-bond acceptors (Lipinski definition) is 7. The lowest BCUT2D eigenvalue weighted by atomic mass is 10.4. The monoisotopic (exact) mass is 230 g/mol. The molecule has 0 fully saturated rings. The van der Waals surface area contributed by atoms with Crippen LogP contribution in [0.1, 0.15) is 0 Å². The quantitative estimate of drug-likeness (QED) is 0.444. The van der Waals surface area contributed by atoms with Crippen LogP contribution in [0.4, 0.5) is 5.82 Å². The average Bonchev–Trinajstić information content (AvgIpc) is 2.49. The van der Waals surface area contributed by atoms with Crippen molar-refractivity contribution < 1.29 is 17.5 Å². The van der Waals surface area contributed by atoms with E-state index in [4.69, 9.17) is 23.3 Å². The number of fused-ring (bicyclic) bond motifs is 1. The van der Waals surface area contributed by atoms with Gasteiger partial charge in [-0.3, -0.25) is 8.42 Å². The van der Waals surface area contributed by atoms with Gasteiger partial charge in [-0.15, -0.1) is 0 Å². The van der Waals surface area contributed by atoms with Gasteiger partial charge in [-0.05, 0) is 6.07 Å². The number of H-pyrrole nitrogens is 1. The Balaban J connectivity index is 0.000000195. The first-order valence-corrected chi connectivity index (χ1v) is 4.91. The van der Waals surface area contributed by atoms with E-state index < -0.39 is 10.4 Å². The van der Waals surface area contributed by atoms with Gasteiger partial charge in [0.25, 0.3) is 0 Å². The average molecular weight is 230 g/mol. The number of nitrogens with zero attached hydrogens (tertiary/aromatic N) is 2. The Morgan fingerprint density at radius 3 is 2.47 bits per heavy atom. The summed E-state index contributed by atoms with van der Waals surface area (Å²) in [5.41, 5.74) is 6.31. The molecule has 0 amide bonds. The number of nitrogens with one attached hydrogen (secondary N) is 1. The molecule has 0 aliphatic rings. The van der Waals surface area contributed by atoms with Crippen molar-refractivity contribution in [3.8, 4) is 0 Å². The first kappa shape index (κ1) is 11.4. The number of anilines is 1. The van der Waals surface area contributed by atoms with Crippen molar-refractivity contribution in [3.05, 3.63) is 18.6 Å². The van der Waals surface area contributed by atoms with E-state index >= 15 is 0 Å². The molecule has 0 aliphatic heterocycles. The van der Waals surface area contributed by atoms with Gasteiger partial charge in [0.1, 0.15) is 17.8 Å². The summed E-state index contributed by atoms with van der Waals surface area (Å²) in [5, 5.41) is 0.877. The third kappa shape index (κ3) is 3.89. The zero-order chi connectivity index (χ0) is 11.5. The van der Waals surface area contributed by atoms with Crippen LogP contribution in [-0.2, 0) is 10.4 Å². The molecule has 0 saturated heterocycles. The summed E-state index contributed by atoms with van der Waals surface area (Å²) < 4.78 is 34.1. The summed E-state index contributed by atoms with van der Waals surface area (Å²) in [7, 11) is -5.17. The Kier molecular flexibility index (Phi) is 3.19. The van der Waals surface area contributed by atoms with E-state index in [1.54, 1.807) is 6.20 Å². The summed E-state index contributed by atoms with van der Waals surface area (Å²) in [5.74, 6) is 0.520. The molecule has 0 atom stereocenters. The molecular weight excluding hydrogens is 224 g/mol. The molecule has 0 aromatic carbocycles. The zero-order valence-corrected chi connectivity index (χ0v) is 8.06. The molecule has 2 heterocycles. The summed E-state index contributed by atoms with van der Waals surface area (Å²) >= 11 is 0. The van der Waals surface area contributed by atoms with Gasteiger partial charge in [0, 0.05) is 16.6 Å². The number of aromatic amines is 1. The van der Waals surface area contributed by atoms with E-state index in [0.29, 0.717) is 5.82 Å². The second kappa shape index (κ2) is 4.21. The highest BCUT2D eigenvalue weighted by Crippen LogP contribution is 2.12. The first-order valence-electron chi connectivity index (χ1n) is 3.58. The molecule has 0 radical (unpaired) electrons. The van der Waals surface area contributed by atoms with Gasteiger partial charge < -0.3 is 19.8 Å². The van der Waals surface area contributed by atoms with E-state index in [-0.39, 0.29) is 0 Å².